The van der Waals surface area contributed by atoms with E-state index in [2.05, 4.69) is 52.7 Å². The molecule has 3 rings (SSSR count). The molecule has 1 atom stereocenters. The molecule has 3 aromatic rings. The largest absolute Gasteiger partial charge is 0.386 e. The Morgan fingerprint density at radius 2 is 2.04 bits per heavy atom. The third-order valence-corrected chi connectivity index (χ3v) is 6.65. The summed E-state index contributed by atoms with van der Waals surface area (Å²) in [5.74, 6) is 0.694. The van der Waals surface area contributed by atoms with Gasteiger partial charge in [-0.2, -0.15) is 0 Å². The highest BCUT2D eigenvalue weighted by molar-refractivity contribution is 14.0. The number of nitrogens with one attached hydrogen (secondary N) is 2. The quantitative estimate of drug-likeness (QED) is 0.242. The highest BCUT2D eigenvalue weighted by atomic mass is 127. The van der Waals surface area contributed by atoms with Gasteiger partial charge in [-0.3, -0.25) is 4.99 Å². The molecule has 0 saturated carbocycles. The number of hydrogen-bond donors (Lipinski definition) is 3. The van der Waals surface area contributed by atoms with Crippen molar-refractivity contribution in [2.45, 2.75) is 32.8 Å². The molecule has 0 radical (unpaired) electrons. The summed E-state index contributed by atoms with van der Waals surface area (Å²) in [6, 6.07) is 10.2. The smallest absolute Gasteiger partial charge is 0.191 e. The van der Waals surface area contributed by atoms with Crippen molar-refractivity contribution in [3.05, 3.63) is 50.8 Å². The molecule has 0 aliphatic rings. The van der Waals surface area contributed by atoms with Crippen LogP contribution in [0.5, 0.6) is 0 Å². The van der Waals surface area contributed by atoms with Gasteiger partial charge < -0.3 is 15.7 Å². The van der Waals surface area contributed by atoms with E-state index in [1.165, 1.54) is 20.7 Å². The number of aryl methyl sites for hydroxylation is 2. The molecule has 0 aliphatic carbocycles. The lowest BCUT2D eigenvalue weighted by atomic mass is 10.2. The second-order valence-corrected chi connectivity index (χ2v) is 8.70. The number of thiazole rings is 1. The van der Waals surface area contributed by atoms with Crippen LogP contribution in [0.15, 0.2) is 35.3 Å². The summed E-state index contributed by atoms with van der Waals surface area (Å²) in [5.41, 5.74) is 1.20. The number of nitrogens with zero attached hydrogens (tertiary/aromatic N) is 2. The predicted octanol–water partition coefficient (Wildman–Crippen LogP) is 4.29. The predicted molar refractivity (Wildman–Crippen MR) is 131 cm³/mol. The Balaban J connectivity index is 0.00000280. The lowest BCUT2D eigenvalue weighted by Crippen LogP contribution is -2.40. The van der Waals surface area contributed by atoms with Gasteiger partial charge in [-0.05, 0) is 30.9 Å². The van der Waals surface area contributed by atoms with Crippen LogP contribution < -0.4 is 10.6 Å². The standard InChI is InChI=1S/C20H26N4OS2.HI/c1-4-15-13(2)26-19(24-15)9-10-22-20(21-3)23-12-16(25)18-11-14-7-5-6-8-17(14)27-18;/h5-8,11,16,25H,4,9-10,12H2,1-3H3,(H2,21,22,23);1H. The van der Waals surface area contributed by atoms with E-state index < -0.39 is 6.10 Å². The fourth-order valence-electron chi connectivity index (χ4n) is 2.89. The number of hydrogen-bond acceptors (Lipinski definition) is 5. The van der Waals surface area contributed by atoms with Crippen LogP contribution in [0.1, 0.15) is 33.5 Å². The van der Waals surface area contributed by atoms with Gasteiger partial charge in [-0.15, -0.1) is 46.7 Å². The van der Waals surface area contributed by atoms with Crippen molar-refractivity contribution in [2.24, 2.45) is 4.99 Å². The third-order valence-electron chi connectivity index (χ3n) is 4.36. The van der Waals surface area contributed by atoms with E-state index in [9.17, 15) is 5.11 Å². The molecule has 2 aromatic heterocycles. The minimum absolute atomic E-state index is 0. The normalized spacial score (nSPS) is 12.6. The van der Waals surface area contributed by atoms with Gasteiger partial charge in [0, 0.05) is 41.0 Å². The van der Waals surface area contributed by atoms with Crippen LogP contribution in [0.4, 0.5) is 0 Å². The van der Waals surface area contributed by atoms with Crippen LogP contribution in [0.2, 0.25) is 0 Å². The van der Waals surface area contributed by atoms with Crippen LogP contribution in [0.3, 0.4) is 0 Å². The van der Waals surface area contributed by atoms with Crippen molar-refractivity contribution in [1.82, 2.24) is 15.6 Å². The van der Waals surface area contributed by atoms with E-state index in [1.807, 2.05) is 12.1 Å². The van der Waals surface area contributed by atoms with Crippen molar-refractivity contribution in [3.8, 4) is 0 Å². The Hall–Kier alpha value is -1.23. The summed E-state index contributed by atoms with van der Waals surface area (Å²) in [6.45, 7) is 5.44. The first-order chi connectivity index (χ1) is 13.1. The average Bonchev–Trinajstić information content (AvgIpc) is 3.27. The highest BCUT2D eigenvalue weighted by Gasteiger charge is 2.12. The van der Waals surface area contributed by atoms with Gasteiger partial charge in [0.25, 0.3) is 0 Å². The molecule has 28 heavy (non-hydrogen) atoms. The molecule has 1 aromatic carbocycles. The van der Waals surface area contributed by atoms with Crippen molar-refractivity contribution < 1.29 is 5.11 Å². The number of fused-ring (bicyclic) bond motifs is 1. The van der Waals surface area contributed by atoms with Crippen LogP contribution in [0, 0.1) is 6.92 Å². The fourth-order valence-corrected chi connectivity index (χ4v) is 4.96. The maximum absolute atomic E-state index is 10.5. The first-order valence-corrected chi connectivity index (χ1v) is 10.8. The maximum Gasteiger partial charge on any atom is 0.191 e. The van der Waals surface area contributed by atoms with Gasteiger partial charge in [0.05, 0.1) is 10.7 Å². The van der Waals surface area contributed by atoms with E-state index in [-0.39, 0.29) is 24.0 Å². The molecule has 1 unspecified atom stereocenters. The summed E-state index contributed by atoms with van der Waals surface area (Å²) >= 11 is 3.39. The minimum Gasteiger partial charge on any atom is -0.386 e. The van der Waals surface area contributed by atoms with Crippen LogP contribution in [-0.2, 0) is 12.8 Å². The Bertz CT molecular complexity index is 889. The van der Waals surface area contributed by atoms with Crippen molar-refractivity contribution in [1.29, 1.82) is 0 Å². The molecule has 0 fully saturated rings. The van der Waals surface area contributed by atoms with E-state index >= 15 is 0 Å². The molecule has 2 heterocycles. The molecule has 0 aliphatic heterocycles. The second-order valence-electron chi connectivity index (χ2n) is 6.30. The van der Waals surface area contributed by atoms with E-state index in [0.29, 0.717) is 12.5 Å². The first-order valence-electron chi connectivity index (χ1n) is 9.17. The Kier molecular flexibility index (Phi) is 9.13. The zero-order valence-electron chi connectivity index (χ0n) is 16.4. The molecule has 5 nitrogen and oxygen atoms in total. The summed E-state index contributed by atoms with van der Waals surface area (Å²) in [7, 11) is 1.74. The zero-order valence-corrected chi connectivity index (χ0v) is 20.3. The highest BCUT2D eigenvalue weighted by Crippen LogP contribution is 2.29. The molecule has 0 saturated heterocycles. The zero-order chi connectivity index (χ0) is 19.2. The second kappa shape index (κ2) is 11.1. The number of aliphatic hydroxyl groups excluding tert-OH is 1. The van der Waals surface area contributed by atoms with Crippen LogP contribution in [-0.4, -0.2) is 36.2 Å². The van der Waals surface area contributed by atoms with Gasteiger partial charge in [0.2, 0.25) is 0 Å². The monoisotopic (exact) mass is 530 g/mol. The number of guanidine groups is 1. The first kappa shape index (κ1) is 23.1. The Morgan fingerprint density at radius 1 is 1.25 bits per heavy atom. The van der Waals surface area contributed by atoms with E-state index in [0.717, 1.165) is 29.3 Å². The third kappa shape index (κ3) is 5.88. The lowest BCUT2D eigenvalue weighted by Gasteiger charge is -2.14. The molecule has 0 spiro atoms. The van der Waals surface area contributed by atoms with E-state index in [4.69, 9.17) is 0 Å². The number of rotatable bonds is 7. The molecular weight excluding hydrogens is 503 g/mol. The van der Waals surface area contributed by atoms with Gasteiger partial charge in [-0.25, -0.2) is 4.98 Å². The molecular formula is C20H27IN4OS2. The van der Waals surface area contributed by atoms with Crippen LogP contribution >= 0.6 is 46.7 Å². The number of halogens is 1. The molecule has 152 valence electrons. The number of thiophene rings is 1. The molecule has 3 N–H and O–H groups in total. The van der Waals surface area contributed by atoms with Crippen molar-refractivity contribution in [3.63, 3.8) is 0 Å². The van der Waals surface area contributed by atoms with Gasteiger partial charge in [-0.1, -0.05) is 25.1 Å². The molecule has 8 heteroatoms. The molecule has 0 amide bonds. The summed E-state index contributed by atoms with van der Waals surface area (Å²) < 4.78 is 1.19. The molecule has 0 bridgehead atoms. The topological polar surface area (TPSA) is 69.5 Å². The summed E-state index contributed by atoms with van der Waals surface area (Å²) in [5, 5.41) is 19.3. The maximum atomic E-state index is 10.5. The number of aliphatic imine (C=N–C) groups is 1. The number of aromatic nitrogens is 1. The average molecular weight is 531 g/mol. The fraction of sp³-hybridized carbons (Fsp3) is 0.400. The van der Waals surface area contributed by atoms with Crippen LogP contribution in [0.25, 0.3) is 10.1 Å². The van der Waals surface area contributed by atoms with Gasteiger partial charge in [0.15, 0.2) is 5.96 Å². The van der Waals surface area contributed by atoms with Gasteiger partial charge in [0.1, 0.15) is 6.10 Å². The van der Waals surface area contributed by atoms with Gasteiger partial charge >= 0.3 is 0 Å². The minimum atomic E-state index is -0.560. The number of benzene rings is 1. The summed E-state index contributed by atoms with van der Waals surface area (Å²) in [6.07, 6.45) is 1.29. The Morgan fingerprint density at radius 3 is 2.71 bits per heavy atom. The van der Waals surface area contributed by atoms with Crippen molar-refractivity contribution >= 4 is 62.7 Å². The van der Waals surface area contributed by atoms with E-state index in [1.54, 1.807) is 29.7 Å². The Labute approximate surface area is 191 Å². The SMILES string of the molecule is CCc1nc(CCNC(=NC)NCC(O)c2cc3ccccc3s2)sc1C.I. The number of aliphatic hydroxyl groups is 1. The summed E-state index contributed by atoms with van der Waals surface area (Å²) in [4.78, 5) is 11.2. The lowest BCUT2D eigenvalue weighted by molar-refractivity contribution is 0.184. The van der Waals surface area contributed by atoms with Crippen molar-refractivity contribution in [2.75, 3.05) is 20.1 Å².